The topological polar surface area (TPSA) is 53.2 Å². The lowest BCUT2D eigenvalue weighted by Gasteiger charge is -2.27. The lowest BCUT2D eigenvalue weighted by atomic mass is 10.1. The monoisotopic (exact) mass is 541 g/mol. The zero-order valence-corrected chi connectivity index (χ0v) is 22.5. The number of benzene rings is 1. The van der Waals surface area contributed by atoms with Crippen LogP contribution in [-0.2, 0) is 4.79 Å². The molecule has 1 amide bonds. The highest BCUT2D eigenvalue weighted by Crippen LogP contribution is 2.29. The van der Waals surface area contributed by atoms with Crippen molar-refractivity contribution in [2.45, 2.75) is 93.9 Å². The number of hydrogen-bond acceptors (Lipinski definition) is 2. The molecule has 182 valence electrons. The highest BCUT2D eigenvalue weighted by molar-refractivity contribution is 7.80. The summed E-state index contributed by atoms with van der Waals surface area (Å²) >= 11 is 29.2. The summed E-state index contributed by atoms with van der Waals surface area (Å²) in [6.45, 7) is 2.24. The Morgan fingerprint density at radius 3 is 1.88 bits per heavy atom. The van der Waals surface area contributed by atoms with E-state index in [4.69, 9.17) is 58.6 Å². The van der Waals surface area contributed by atoms with Gasteiger partial charge in [-0.2, -0.15) is 0 Å². The van der Waals surface area contributed by atoms with E-state index in [1.807, 2.05) is 0 Å². The van der Waals surface area contributed by atoms with Crippen molar-refractivity contribution < 1.29 is 4.79 Å². The molecule has 1 atom stereocenters. The first-order valence-corrected chi connectivity index (χ1v) is 13.3. The average Bonchev–Trinajstić information content (AvgIpc) is 2.72. The summed E-state index contributed by atoms with van der Waals surface area (Å²) < 4.78 is -1.77. The van der Waals surface area contributed by atoms with Gasteiger partial charge in [0.05, 0.1) is 0 Å². The molecule has 0 bridgehead atoms. The van der Waals surface area contributed by atoms with Gasteiger partial charge in [-0.3, -0.25) is 4.79 Å². The van der Waals surface area contributed by atoms with E-state index in [0.717, 1.165) is 24.9 Å². The van der Waals surface area contributed by atoms with Crippen LogP contribution in [0.4, 0.5) is 5.69 Å². The molecule has 0 fully saturated rings. The number of carbonyl (C=O) groups is 1. The fraction of sp³-hybridized carbons (Fsp3) is 0.652. The highest BCUT2D eigenvalue weighted by Gasteiger charge is 2.34. The number of halogens is 4. The van der Waals surface area contributed by atoms with Crippen LogP contribution in [0.5, 0.6) is 0 Å². The summed E-state index contributed by atoms with van der Waals surface area (Å²) in [4.78, 5) is 12.3. The van der Waals surface area contributed by atoms with Gasteiger partial charge in [0.1, 0.15) is 6.17 Å². The summed E-state index contributed by atoms with van der Waals surface area (Å²) in [5.74, 6) is -0.181. The van der Waals surface area contributed by atoms with Crippen LogP contribution < -0.4 is 16.0 Å². The van der Waals surface area contributed by atoms with E-state index in [2.05, 4.69) is 22.9 Å². The summed E-state index contributed by atoms with van der Waals surface area (Å²) in [7, 11) is 0. The highest BCUT2D eigenvalue weighted by atomic mass is 35.6. The lowest BCUT2D eigenvalue weighted by molar-refractivity contribution is -0.122. The Bertz CT molecular complexity index is 668. The molecule has 9 heteroatoms. The van der Waals surface area contributed by atoms with Crippen LogP contribution in [0.2, 0.25) is 5.02 Å². The molecule has 1 aromatic rings. The maximum atomic E-state index is 12.3. The number of carbonyl (C=O) groups excluding carboxylic acids is 1. The Labute approximate surface area is 218 Å². The van der Waals surface area contributed by atoms with Gasteiger partial charge < -0.3 is 16.0 Å². The molecule has 0 heterocycles. The fourth-order valence-electron chi connectivity index (χ4n) is 3.21. The van der Waals surface area contributed by atoms with Crippen LogP contribution >= 0.6 is 58.6 Å². The lowest BCUT2D eigenvalue weighted by Crippen LogP contribution is -2.56. The van der Waals surface area contributed by atoms with Crippen molar-refractivity contribution in [1.82, 2.24) is 10.6 Å². The maximum Gasteiger partial charge on any atom is 0.228 e. The van der Waals surface area contributed by atoms with Gasteiger partial charge in [-0.1, -0.05) is 118 Å². The van der Waals surface area contributed by atoms with Gasteiger partial charge in [0.2, 0.25) is 9.70 Å². The van der Waals surface area contributed by atoms with Crippen LogP contribution in [0, 0.1) is 0 Å². The number of nitrogens with one attached hydrogen (secondary N) is 3. The van der Waals surface area contributed by atoms with Crippen LogP contribution in [0.25, 0.3) is 0 Å². The molecule has 0 aromatic heterocycles. The molecule has 32 heavy (non-hydrogen) atoms. The van der Waals surface area contributed by atoms with Crippen molar-refractivity contribution in [2.75, 3.05) is 5.32 Å². The average molecular weight is 543 g/mol. The Morgan fingerprint density at radius 1 is 0.875 bits per heavy atom. The second kappa shape index (κ2) is 17.0. The van der Waals surface area contributed by atoms with Crippen molar-refractivity contribution in [1.29, 1.82) is 0 Å². The molecule has 0 aliphatic rings. The number of rotatable bonds is 15. The summed E-state index contributed by atoms with van der Waals surface area (Å²) in [5.41, 5.74) is 0.724. The molecule has 1 unspecified atom stereocenters. The van der Waals surface area contributed by atoms with Crippen molar-refractivity contribution in [3.05, 3.63) is 29.3 Å². The van der Waals surface area contributed by atoms with Gasteiger partial charge in [-0.05, 0) is 42.9 Å². The summed E-state index contributed by atoms with van der Waals surface area (Å²) in [5, 5.41) is 9.38. The van der Waals surface area contributed by atoms with E-state index in [1.54, 1.807) is 24.3 Å². The number of thiocarbonyl (C=S) groups is 1. The molecule has 3 N–H and O–H groups in total. The Hall–Kier alpha value is -0.460. The Kier molecular flexibility index (Phi) is 15.8. The second-order valence-electron chi connectivity index (χ2n) is 7.93. The van der Waals surface area contributed by atoms with Gasteiger partial charge >= 0.3 is 0 Å². The van der Waals surface area contributed by atoms with Gasteiger partial charge in [0.15, 0.2) is 5.11 Å². The number of hydrogen-bond donors (Lipinski definition) is 3. The molecular formula is C23H35Cl4N3OS. The molecule has 0 spiro atoms. The number of amides is 1. The minimum atomic E-state index is -1.77. The summed E-state index contributed by atoms with van der Waals surface area (Å²) in [6, 6.07) is 7.00. The van der Waals surface area contributed by atoms with E-state index in [1.165, 1.54) is 51.4 Å². The smallest absolute Gasteiger partial charge is 0.228 e. The summed E-state index contributed by atoms with van der Waals surface area (Å²) in [6.07, 6.45) is 12.9. The molecule has 1 rings (SSSR count). The van der Waals surface area contributed by atoms with Crippen LogP contribution in [-0.4, -0.2) is 21.0 Å². The largest absolute Gasteiger partial charge is 0.339 e. The predicted molar refractivity (Wildman–Crippen MR) is 144 cm³/mol. The van der Waals surface area contributed by atoms with Crippen LogP contribution in [0.3, 0.4) is 0 Å². The molecule has 0 saturated carbocycles. The van der Waals surface area contributed by atoms with Gasteiger partial charge in [-0.15, -0.1) is 0 Å². The first kappa shape index (κ1) is 29.6. The number of unbranched alkanes of at least 4 members (excludes halogenated alkanes) is 10. The molecule has 0 aliphatic heterocycles. The standard InChI is InChI=1S/C23H35Cl4N3OS/c1-2-3-4-5-6-7-8-9-10-11-12-13-20(31)29-21(23(25,26)27)30-22(32)28-19-16-14-18(24)15-17-19/h14-17,21H,2-13H2,1H3,(H,29,31)(H2,28,30,32). The van der Waals surface area contributed by atoms with E-state index in [9.17, 15) is 4.79 Å². The predicted octanol–water partition coefficient (Wildman–Crippen LogP) is 8.14. The molecule has 0 aliphatic carbocycles. The minimum absolute atomic E-state index is 0.181. The van der Waals surface area contributed by atoms with Crippen LogP contribution in [0.15, 0.2) is 24.3 Å². The SMILES string of the molecule is CCCCCCCCCCCCCC(=O)NC(NC(=S)Nc1ccc(Cl)cc1)C(Cl)(Cl)Cl. The van der Waals surface area contributed by atoms with Crippen molar-refractivity contribution in [3.8, 4) is 0 Å². The zero-order valence-electron chi connectivity index (χ0n) is 18.7. The third-order valence-electron chi connectivity index (χ3n) is 5.02. The second-order valence-corrected chi connectivity index (χ2v) is 11.1. The van der Waals surface area contributed by atoms with Crippen molar-refractivity contribution >= 4 is 75.3 Å². The third kappa shape index (κ3) is 14.6. The number of anilines is 1. The van der Waals surface area contributed by atoms with Gasteiger partial charge in [0.25, 0.3) is 0 Å². The Balaban J connectivity index is 2.25. The van der Waals surface area contributed by atoms with E-state index in [-0.39, 0.29) is 11.0 Å². The molecule has 4 nitrogen and oxygen atoms in total. The zero-order chi connectivity index (χ0) is 23.8. The van der Waals surface area contributed by atoms with E-state index < -0.39 is 9.96 Å². The quantitative estimate of drug-likeness (QED) is 0.0905. The third-order valence-corrected chi connectivity index (χ3v) is 6.14. The maximum absolute atomic E-state index is 12.3. The normalized spacial score (nSPS) is 12.3. The van der Waals surface area contributed by atoms with Crippen molar-refractivity contribution in [3.63, 3.8) is 0 Å². The van der Waals surface area contributed by atoms with Gasteiger partial charge in [0, 0.05) is 17.1 Å². The first-order chi connectivity index (χ1) is 15.2. The number of alkyl halides is 3. The molecule has 0 saturated heterocycles. The minimum Gasteiger partial charge on any atom is -0.339 e. The van der Waals surface area contributed by atoms with Crippen LogP contribution in [0.1, 0.15) is 84.0 Å². The van der Waals surface area contributed by atoms with E-state index in [0.29, 0.717) is 11.4 Å². The fourth-order valence-corrected chi connectivity index (χ4v) is 3.90. The van der Waals surface area contributed by atoms with E-state index >= 15 is 0 Å². The van der Waals surface area contributed by atoms with Crippen molar-refractivity contribution in [2.24, 2.45) is 0 Å². The first-order valence-electron chi connectivity index (χ1n) is 11.4. The molecule has 1 aromatic carbocycles. The molecular weight excluding hydrogens is 508 g/mol. The van der Waals surface area contributed by atoms with Gasteiger partial charge in [-0.25, -0.2) is 0 Å². The molecule has 0 radical (unpaired) electrons. The Morgan fingerprint density at radius 2 is 1.38 bits per heavy atom.